The smallest absolute Gasteiger partial charge is 0.0478 e. The van der Waals surface area contributed by atoms with Crippen molar-refractivity contribution < 1.29 is 0 Å². The molecule has 1 nitrogen and oxygen atoms in total. The molecule has 0 unspecified atom stereocenters. The van der Waals surface area contributed by atoms with Gasteiger partial charge in [0.25, 0.3) is 0 Å². The molecule has 0 spiro atoms. The van der Waals surface area contributed by atoms with E-state index >= 15 is 0 Å². The van der Waals surface area contributed by atoms with Crippen LogP contribution in [0, 0.1) is 5.92 Å². The fraction of sp³-hybridized carbons (Fsp3) is 0.364. The molecule has 1 heteroatoms. The quantitative estimate of drug-likeness (QED) is 0.664. The molecule has 0 aromatic carbocycles. The lowest BCUT2D eigenvalue weighted by Gasteiger charge is -2.06. The fourth-order valence-corrected chi connectivity index (χ4v) is 1.19. The van der Waals surface area contributed by atoms with Crippen LogP contribution in [-0.2, 0) is 6.42 Å². The lowest BCUT2D eigenvalue weighted by molar-refractivity contribution is 0.634. The molecule has 1 aromatic rings. The summed E-state index contributed by atoms with van der Waals surface area (Å²) in [7, 11) is 0. The lowest BCUT2D eigenvalue weighted by Crippen LogP contribution is -1.99. The molecule has 0 amide bonds. The van der Waals surface area contributed by atoms with Gasteiger partial charge in [-0.25, -0.2) is 0 Å². The maximum absolute atomic E-state index is 4.32. The van der Waals surface area contributed by atoms with Crippen LogP contribution in [-0.4, -0.2) is 4.98 Å². The molecule has 1 rings (SSSR count). The van der Waals surface area contributed by atoms with Gasteiger partial charge >= 0.3 is 0 Å². The van der Waals surface area contributed by atoms with Crippen LogP contribution in [0.2, 0.25) is 0 Å². The van der Waals surface area contributed by atoms with Crippen molar-refractivity contribution in [1.82, 2.24) is 4.98 Å². The van der Waals surface area contributed by atoms with Crippen molar-refractivity contribution in [3.8, 4) is 0 Å². The zero-order valence-corrected chi connectivity index (χ0v) is 7.75. The van der Waals surface area contributed by atoms with Crippen molar-refractivity contribution >= 4 is 6.08 Å². The van der Waals surface area contributed by atoms with Crippen LogP contribution in [0.1, 0.15) is 25.1 Å². The van der Waals surface area contributed by atoms with E-state index in [0.29, 0.717) is 5.92 Å². The van der Waals surface area contributed by atoms with Gasteiger partial charge in [0.1, 0.15) is 0 Å². The molecule has 0 atom stereocenters. The third kappa shape index (κ3) is 2.19. The second kappa shape index (κ2) is 4.05. The second-order valence-electron chi connectivity index (χ2n) is 3.34. The lowest BCUT2D eigenvalue weighted by atomic mass is 10.0. The SMILES string of the molecule is C=Cc1cccnc1CC(C)C. The average molecular weight is 161 g/mol. The fourth-order valence-electron chi connectivity index (χ4n) is 1.19. The highest BCUT2D eigenvalue weighted by molar-refractivity contribution is 5.49. The summed E-state index contributed by atoms with van der Waals surface area (Å²) in [5.74, 6) is 0.651. The van der Waals surface area contributed by atoms with Crippen LogP contribution in [0.15, 0.2) is 24.9 Å². The Morgan fingerprint density at radius 2 is 2.33 bits per heavy atom. The van der Waals surface area contributed by atoms with Gasteiger partial charge in [0.15, 0.2) is 0 Å². The average Bonchev–Trinajstić information content (AvgIpc) is 2.04. The monoisotopic (exact) mass is 161 g/mol. The molecular formula is C11H15N. The van der Waals surface area contributed by atoms with Crippen molar-refractivity contribution in [3.63, 3.8) is 0 Å². The molecule has 12 heavy (non-hydrogen) atoms. The number of aromatic nitrogens is 1. The summed E-state index contributed by atoms with van der Waals surface area (Å²) in [6.07, 6.45) is 4.73. The van der Waals surface area contributed by atoms with E-state index in [0.717, 1.165) is 17.7 Å². The standard InChI is InChI=1S/C11H15N/c1-4-10-6-5-7-12-11(10)8-9(2)3/h4-7,9H,1,8H2,2-3H3. The van der Waals surface area contributed by atoms with Gasteiger partial charge in [-0.2, -0.15) is 0 Å². The van der Waals surface area contributed by atoms with E-state index in [1.54, 1.807) is 0 Å². The predicted octanol–water partition coefficient (Wildman–Crippen LogP) is 2.92. The predicted molar refractivity (Wildman–Crippen MR) is 52.9 cm³/mol. The van der Waals surface area contributed by atoms with Gasteiger partial charge in [0.2, 0.25) is 0 Å². The topological polar surface area (TPSA) is 12.9 Å². The molecule has 0 aliphatic rings. The van der Waals surface area contributed by atoms with Crippen LogP contribution < -0.4 is 0 Å². The summed E-state index contributed by atoms with van der Waals surface area (Å²) < 4.78 is 0. The molecule has 1 heterocycles. The summed E-state index contributed by atoms with van der Waals surface area (Å²) in [5, 5.41) is 0. The van der Waals surface area contributed by atoms with Crippen LogP contribution in [0.3, 0.4) is 0 Å². The van der Waals surface area contributed by atoms with Gasteiger partial charge in [-0.3, -0.25) is 4.98 Å². The van der Waals surface area contributed by atoms with Crippen molar-refractivity contribution in [1.29, 1.82) is 0 Å². The van der Waals surface area contributed by atoms with Gasteiger partial charge in [0.05, 0.1) is 0 Å². The third-order valence-electron chi connectivity index (χ3n) is 1.75. The highest BCUT2D eigenvalue weighted by Gasteiger charge is 2.01. The molecule has 0 fully saturated rings. The number of hydrogen-bond acceptors (Lipinski definition) is 1. The van der Waals surface area contributed by atoms with Crippen LogP contribution in [0.5, 0.6) is 0 Å². The van der Waals surface area contributed by atoms with Gasteiger partial charge in [-0.15, -0.1) is 0 Å². The Labute approximate surface area is 74.2 Å². The Morgan fingerprint density at radius 3 is 2.92 bits per heavy atom. The minimum Gasteiger partial charge on any atom is -0.261 e. The first-order valence-corrected chi connectivity index (χ1v) is 4.30. The van der Waals surface area contributed by atoms with Gasteiger partial charge in [-0.1, -0.05) is 32.6 Å². The first kappa shape index (κ1) is 8.98. The van der Waals surface area contributed by atoms with Crippen LogP contribution in [0.4, 0.5) is 0 Å². The minimum absolute atomic E-state index is 0.651. The van der Waals surface area contributed by atoms with Gasteiger partial charge in [0, 0.05) is 11.9 Å². The Morgan fingerprint density at radius 1 is 1.58 bits per heavy atom. The number of pyridine rings is 1. The second-order valence-corrected chi connectivity index (χ2v) is 3.34. The molecule has 0 N–H and O–H groups in total. The van der Waals surface area contributed by atoms with Crippen molar-refractivity contribution in [2.75, 3.05) is 0 Å². The van der Waals surface area contributed by atoms with Crippen molar-refractivity contribution in [3.05, 3.63) is 36.2 Å². The maximum atomic E-state index is 4.32. The molecule has 0 saturated heterocycles. The molecule has 0 aliphatic carbocycles. The van der Waals surface area contributed by atoms with E-state index < -0.39 is 0 Å². The highest BCUT2D eigenvalue weighted by Crippen LogP contribution is 2.11. The van der Waals surface area contributed by atoms with Gasteiger partial charge < -0.3 is 0 Å². The van der Waals surface area contributed by atoms with Crippen molar-refractivity contribution in [2.45, 2.75) is 20.3 Å². The molecule has 0 aliphatic heterocycles. The third-order valence-corrected chi connectivity index (χ3v) is 1.75. The highest BCUT2D eigenvalue weighted by atomic mass is 14.7. The summed E-state index contributed by atoms with van der Waals surface area (Å²) in [4.78, 5) is 4.32. The Hall–Kier alpha value is -1.11. The minimum atomic E-state index is 0.651. The van der Waals surface area contributed by atoms with E-state index in [-0.39, 0.29) is 0 Å². The molecule has 0 saturated carbocycles. The normalized spacial score (nSPS) is 10.2. The van der Waals surface area contributed by atoms with Crippen molar-refractivity contribution in [2.24, 2.45) is 5.92 Å². The molecule has 64 valence electrons. The van der Waals surface area contributed by atoms with E-state index in [2.05, 4.69) is 31.5 Å². The zero-order chi connectivity index (χ0) is 8.97. The molecular weight excluding hydrogens is 146 g/mol. The largest absolute Gasteiger partial charge is 0.261 e. The first-order valence-electron chi connectivity index (χ1n) is 4.30. The maximum Gasteiger partial charge on any atom is 0.0478 e. The van der Waals surface area contributed by atoms with E-state index in [1.807, 2.05) is 18.3 Å². The van der Waals surface area contributed by atoms with E-state index in [4.69, 9.17) is 0 Å². The summed E-state index contributed by atoms with van der Waals surface area (Å²) >= 11 is 0. The van der Waals surface area contributed by atoms with E-state index in [1.165, 1.54) is 0 Å². The summed E-state index contributed by atoms with van der Waals surface area (Å²) in [5.41, 5.74) is 2.31. The zero-order valence-electron chi connectivity index (χ0n) is 7.75. The summed E-state index contributed by atoms with van der Waals surface area (Å²) in [6.45, 7) is 8.15. The van der Waals surface area contributed by atoms with Crippen LogP contribution >= 0.6 is 0 Å². The Kier molecular flexibility index (Phi) is 3.03. The first-order chi connectivity index (χ1) is 5.74. The molecule has 0 bridgehead atoms. The van der Waals surface area contributed by atoms with E-state index in [9.17, 15) is 0 Å². The Balaban J connectivity index is 2.89. The van der Waals surface area contributed by atoms with Crippen LogP contribution in [0.25, 0.3) is 6.08 Å². The van der Waals surface area contributed by atoms with Gasteiger partial charge in [-0.05, 0) is 24.0 Å². The molecule has 0 radical (unpaired) electrons. The molecule has 1 aromatic heterocycles. The Bertz CT molecular complexity index is 263. The number of nitrogens with zero attached hydrogens (tertiary/aromatic N) is 1. The number of hydrogen-bond donors (Lipinski definition) is 0. The number of rotatable bonds is 3. The summed E-state index contributed by atoms with van der Waals surface area (Å²) in [6, 6.07) is 4.00.